The lowest BCUT2D eigenvalue weighted by atomic mass is 9.92. The smallest absolute Gasteiger partial charge is 0.258 e. The number of hydrogen-bond acceptors (Lipinski definition) is 6. The maximum Gasteiger partial charge on any atom is 0.258 e. The summed E-state index contributed by atoms with van der Waals surface area (Å²) in [6, 6.07) is 0. The fourth-order valence-corrected chi connectivity index (χ4v) is 2.08. The molecule has 0 saturated carbocycles. The Kier molecular flexibility index (Phi) is 3.70. The first-order chi connectivity index (χ1) is 8.54. The maximum atomic E-state index is 10.5. The molecular weight excluding hydrogens is 234 g/mol. The Morgan fingerprint density at radius 2 is 2.17 bits per heavy atom. The molecule has 6 nitrogen and oxygen atoms in total. The van der Waals surface area contributed by atoms with E-state index in [1.165, 1.54) is 0 Å². The third-order valence-electron chi connectivity index (χ3n) is 3.85. The molecular formula is C12H21N3O3. The Balaban J connectivity index is 2.24. The van der Waals surface area contributed by atoms with Crippen molar-refractivity contribution in [2.24, 2.45) is 0 Å². The molecule has 18 heavy (non-hydrogen) atoms. The normalized spacial score (nSPS) is 22.7. The summed E-state index contributed by atoms with van der Waals surface area (Å²) >= 11 is 0. The second-order valence-electron chi connectivity index (χ2n) is 4.99. The molecule has 0 radical (unpaired) electrons. The van der Waals surface area contributed by atoms with Gasteiger partial charge in [-0.25, -0.2) is 0 Å². The quantitative estimate of drug-likeness (QED) is 0.832. The molecule has 1 aromatic rings. The van der Waals surface area contributed by atoms with Crippen molar-refractivity contribution < 1.29 is 14.4 Å². The van der Waals surface area contributed by atoms with Crippen LogP contribution in [0.2, 0.25) is 0 Å². The molecule has 1 atom stereocenters. The number of nitrogens with one attached hydrogen (secondary N) is 1. The Morgan fingerprint density at radius 3 is 2.72 bits per heavy atom. The van der Waals surface area contributed by atoms with Gasteiger partial charge in [0.15, 0.2) is 0 Å². The number of aliphatic hydroxyl groups is 1. The molecule has 1 aromatic heterocycles. The van der Waals surface area contributed by atoms with E-state index in [0.717, 1.165) is 19.5 Å². The lowest BCUT2D eigenvalue weighted by molar-refractivity contribution is -0.0228. The third-order valence-corrected chi connectivity index (χ3v) is 3.85. The van der Waals surface area contributed by atoms with Crippen molar-refractivity contribution in [3.63, 3.8) is 0 Å². The topological polar surface area (TPSA) is 80.4 Å². The van der Waals surface area contributed by atoms with Gasteiger partial charge in [0.2, 0.25) is 5.82 Å². The lowest BCUT2D eigenvalue weighted by Crippen LogP contribution is -2.40. The van der Waals surface area contributed by atoms with E-state index < -0.39 is 11.2 Å². The summed E-state index contributed by atoms with van der Waals surface area (Å²) < 4.78 is 10.7. The van der Waals surface area contributed by atoms with E-state index in [-0.39, 0.29) is 0 Å². The van der Waals surface area contributed by atoms with Gasteiger partial charge in [-0.3, -0.25) is 0 Å². The molecule has 1 aliphatic heterocycles. The maximum absolute atomic E-state index is 10.5. The zero-order chi connectivity index (χ0) is 13.2. The largest absolute Gasteiger partial charge is 0.380 e. The van der Waals surface area contributed by atoms with E-state index in [1.807, 2.05) is 13.8 Å². The number of rotatable bonds is 4. The van der Waals surface area contributed by atoms with Gasteiger partial charge in [-0.2, -0.15) is 4.98 Å². The van der Waals surface area contributed by atoms with Crippen LogP contribution in [0, 0.1) is 0 Å². The van der Waals surface area contributed by atoms with Crippen molar-refractivity contribution in [2.75, 3.05) is 20.2 Å². The summed E-state index contributed by atoms with van der Waals surface area (Å²) in [6.07, 6.45) is 1.91. The van der Waals surface area contributed by atoms with Crippen LogP contribution in [0.1, 0.15) is 44.8 Å². The van der Waals surface area contributed by atoms with Crippen LogP contribution in [0.3, 0.4) is 0 Å². The van der Waals surface area contributed by atoms with Crippen LogP contribution in [-0.4, -0.2) is 35.4 Å². The SMILES string of the molecule is CCC(C)(OC)c1noc(C2(O)CCNCC2)n1. The van der Waals surface area contributed by atoms with Crippen LogP contribution in [0.5, 0.6) is 0 Å². The average molecular weight is 255 g/mol. The van der Waals surface area contributed by atoms with Gasteiger partial charge < -0.3 is 19.7 Å². The van der Waals surface area contributed by atoms with Gasteiger partial charge in [-0.05, 0) is 39.3 Å². The van der Waals surface area contributed by atoms with Gasteiger partial charge in [-0.15, -0.1) is 0 Å². The molecule has 2 heterocycles. The van der Waals surface area contributed by atoms with Crippen LogP contribution in [0.25, 0.3) is 0 Å². The molecule has 1 unspecified atom stereocenters. The number of ether oxygens (including phenoxy) is 1. The highest BCUT2D eigenvalue weighted by atomic mass is 16.5. The third kappa shape index (κ3) is 2.28. The molecule has 2 rings (SSSR count). The molecule has 102 valence electrons. The lowest BCUT2D eigenvalue weighted by Gasteiger charge is -2.28. The highest BCUT2D eigenvalue weighted by Crippen LogP contribution is 2.32. The Bertz CT molecular complexity index is 395. The van der Waals surface area contributed by atoms with Gasteiger partial charge in [-0.1, -0.05) is 12.1 Å². The standard InChI is InChI=1S/C12H21N3O3/c1-4-11(2,17-3)9-14-10(18-15-9)12(16)5-7-13-8-6-12/h13,16H,4-8H2,1-3H3. The van der Waals surface area contributed by atoms with E-state index >= 15 is 0 Å². The first-order valence-electron chi connectivity index (χ1n) is 6.37. The fourth-order valence-electron chi connectivity index (χ4n) is 2.08. The van der Waals surface area contributed by atoms with Crippen LogP contribution in [0.4, 0.5) is 0 Å². The van der Waals surface area contributed by atoms with Gasteiger partial charge in [0.05, 0.1) is 0 Å². The number of hydrogen-bond donors (Lipinski definition) is 2. The fraction of sp³-hybridized carbons (Fsp3) is 0.833. The van der Waals surface area contributed by atoms with Crippen molar-refractivity contribution in [1.29, 1.82) is 0 Å². The summed E-state index contributed by atoms with van der Waals surface area (Å²) in [5.41, 5.74) is -1.57. The summed E-state index contributed by atoms with van der Waals surface area (Å²) in [4.78, 5) is 4.34. The highest BCUT2D eigenvalue weighted by molar-refractivity contribution is 5.05. The van der Waals surface area contributed by atoms with Crippen molar-refractivity contribution in [3.8, 4) is 0 Å². The van der Waals surface area contributed by atoms with E-state index in [9.17, 15) is 5.11 Å². The molecule has 0 bridgehead atoms. The monoisotopic (exact) mass is 255 g/mol. The first-order valence-corrected chi connectivity index (χ1v) is 6.37. The molecule has 1 aliphatic rings. The minimum absolute atomic E-state index is 0.302. The van der Waals surface area contributed by atoms with E-state index in [1.54, 1.807) is 7.11 Å². The van der Waals surface area contributed by atoms with E-state index in [0.29, 0.717) is 24.6 Å². The van der Waals surface area contributed by atoms with Crippen molar-refractivity contribution >= 4 is 0 Å². The number of nitrogens with zero attached hydrogens (tertiary/aromatic N) is 2. The second kappa shape index (κ2) is 4.95. The Labute approximate surface area is 107 Å². The number of piperidine rings is 1. The summed E-state index contributed by atoms with van der Waals surface area (Å²) in [6.45, 7) is 5.42. The van der Waals surface area contributed by atoms with Crippen molar-refractivity contribution in [2.45, 2.75) is 44.3 Å². The van der Waals surface area contributed by atoms with Gasteiger partial charge >= 0.3 is 0 Å². The second-order valence-corrected chi connectivity index (χ2v) is 4.99. The van der Waals surface area contributed by atoms with Crippen molar-refractivity contribution in [1.82, 2.24) is 15.5 Å². The zero-order valence-corrected chi connectivity index (χ0v) is 11.2. The molecule has 2 N–H and O–H groups in total. The summed E-state index contributed by atoms with van der Waals surface area (Å²) in [7, 11) is 1.62. The molecule has 1 saturated heterocycles. The minimum Gasteiger partial charge on any atom is -0.380 e. The Morgan fingerprint density at radius 1 is 1.50 bits per heavy atom. The predicted molar refractivity (Wildman–Crippen MR) is 65.0 cm³/mol. The molecule has 1 fully saturated rings. The molecule has 0 aliphatic carbocycles. The molecule has 0 spiro atoms. The molecule has 6 heteroatoms. The predicted octanol–water partition coefficient (Wildman–Crippen LogP) is 0.912. The Hall–Kier alpha value is -0.980. The number of aromatic nitrogens is 2. The molecule has 0 amide bonds. The minimum atomic E-state index is -1.00. The average Bonchev–Trinajstić information content (AvgIpc) is 2.89. The molecule has 0 aromatic carbocycles. The number of methoxy groups -OCH3 is 1. The van der Waals surface area contributed by atoms with Crippen molar-refractivity contribution in [3.05, 3.63) is 11.7 Å². The van der Waals surface area contributed by atoms with Crippen LogP contribution in [-0.2, 0) is 15.9 Å². The van der Waals surface area contributed by atoms with Gasteiger partial charge in [0.25, 0.3) is 5.89 Å². The highest BCUT2D eigenvalue weighted by Gasteiger charge is 2.39. The van der Waals surface area contributed by atoms with Crippen LogP contribution in [0.15, 0.2) is 4.52 Å². The first kappa shape index (κ1) is 13.5. The summed E-state index contributed by atoms with van der Waals surface area (Å²) in [5, 5.41) is 17.6. The van der Waals surface area contributed by atoms with Gasteiger partial charge in [0.1, 0.15) is 11.2 Å². The van der Waals surface area contributed by atoms with E-state index in [4.69, 9.17) is 9.26 Å². The van der Waals surface area contributed by atoms with E-state index in [2.05, 4.69) is 15.5 Å². The van der Waals surface area contributed by atoms with Crippen LogP contribution < -0.4 is 5.32 Å². The van der Waals surface area contributed by atoms with Gasteiger partial charge in [0, 0.05) is 7.11 Å². The van der Waals surface area contributed by atoms with Crippen LogP contribution >= 0.6 is 0 Å². The zero-order valence-electron chi connectivity index (χ0n) is 11.2. The summed E-state index contributed by atoms with van der Waals surface area (Å²) in [5.74, 6) is 0.796.